The summed E-state index contributed by atoms with van der Waals surface area (Å²) in [6.45, 7) is 0. The van der Waals surface area contributed by atoms with Crippen molar-refractivity contribution in [1.29, 1.82) is 0 Å². The average Bonchev–Trinajstić information content (AvgIpc) is 2.74. The second-order valence-electron chi connectivity index (χ2n) is 6.38. The van der Waals surface area contributed by atoms with E-state index in [1.807, 2.05) is 4.72 Å². The topological polar surface area (TPSA) is 118 Å². The van der Waals surface area contributed by atoms with Gasteiger partial charge in [0.2, 0.25) is 5.89 Å². The fourth-order valence-electron chi connectivity index (χ4n) is 2.86. The normalized spacial score (nSPS) is 11.3. The summed E-state index contributed by atoms with van der Waals surface area (Å²) >= 11 is 5.77. The molecule has 3 aromatic carbocycles. The third-order valence-corrected chi connectivity index (χ3v) is 5.89. The van der Waals surface area contributed by atoms with Gasteiger partial charge >= 0.3 is 11.7 Å². The zero-order valence-electron chi connectivity index (χ0n) is 15.7. The molecule has 4 aromatic rings. The number of amides is 2. The Morgan fingerprint density at radius 3 is 2.39 bits per heavy atom. The lowest BCUT2D eigenvalue weighted by molar-refractivity contribution is 0.256. The fraction of sp³-hybridized carbons (Fsp3) is 0. The van der Waals surface area contributed by atoms with Crippen LogP contribution in [0.2, 0.25) is 5.02 Å². The number of nitrogens with zero attached hydrogens (tertiary/aromatic N) is 1. The van der Waals surface area contributed by atoms with E-state index in [4.69, 9.17) is 16.0 Å². The summed E-state index contributed by atoms with van der Waals surface area (Å²) in [7, 11) is -4.12. The van der Waals surface area contributed by atoms with Crippen molar-refractivity contribution >= 4 is 44.2 Å². The van der Waals surface area contributed by atoms with E-state index in [2.05, 4.69) is 10.3 Å². The first-order chi connectivity index (χ1) is 14.8. The Morgan fingerprint density at radius 1 is 0.935 bits per heavy atom. The van der Waals surface area contributed by atoms with Crippen LogP contribution in [0, 0.1) is 0 Å². The first-order valence-corrected chi connectivity index (χ1v) is 10.8. The molecule has 0 saturated heterocycles. The molecule has 0 atom stereocenters. The lowest BCUT2D eigenvalue weighted by atomic mass is 10.1. The number of nitrogens with one attached hydrogen (secondary N) is 2. The fourth-order valence-corrected chi connectivity index (χ4v) is 3.89. The molecule has 8 nitrogen and oxygen atoms in total. The summed E-state index contributed by atoms with van der Waals surface area (Å²) in [6, 6.07) is 17.5. The first kappa shape index (κ1) is 20.6. The predicted octanol–water partition coefficient (Wildman–Crippen LogP) is 4.02. The van der Waals surface area contributed by atoms with Gasteiger partial charge < -0.3 is 9.73 Å². The maximum absolute atomic E-state index is 12.4. The van der Waals surface area contributed by atoms with Crippen LogP contribution in [0.25, 0.3) is 22.4 Å². The van der Waals surface area contributed by atoms with Crippen LogP contribution in [0.4, 0.5) is 10.5 Å². The van der Waals surface area contributed by atoms with Crippen LogP contribution in [0.1, 0.15) is 0 Å². The number of aromatic nitrogens is 1. The van der Waals surface area contributed by atoms with Crippen molar-refractivity contribution in [2.24, 2.45) is 0 Å². The van der Waals surface area contributed by atoms with E-state index in [-0.39, 0.29) is 16.5 Å². The Balaban J connectivity index is 1.63. The lowest BCUT2D eigenvalue weighted by Crippen LogP contribution is -2.34. The second-order valence-corrected chi connectivity index (χ2v) is 8.50. The minimum Gasteiger partial charge on any atom is -0.403 e. The van der Waals surface area contributed by atoms with E-state index in [9.17, 15) is 18.0 Å². The van der Waals surface area contributed by atoms with E-state index >= 15 is 0 Å². The standard InChI is InChI=1S/C21H14ClN3O5S/c22-13-9-11-14(12-10-13)31(28,29)25-21(27)24-17-7-3-1-5-15(17)19-23-18-8-4-2-6-16(18)20(26)30-19/h1-12H,(H2,24,25,27). The van der Waals surface area contributed by atoms with Crippen LogP contribution in [0.5, 0.6) is 0 Å². The van der Waals surface area contributed by atoms with Crippen LogP contribution in [0.3, 0.4) is 0 Å². The highest BCUT2D eigenvalue weighted by atomic mass is 35.5. The molecule has 0 bridgehead atoms. The van der Waals surface area contributed by atoms with E-state index in [0.717, 1.165) is 0 Å². The van der Waals surface area contributed by atoms with Gasteiger partial charge in [-0.3, -0.25) is 0 Å². The zero-order valence-corrected chi connectivity index (χ0v) is 17.3. The molecule has 156 valence electrons. The van der Waals surface area contributed by atoms with Gasteiger partial charge in [0.25, 0.3) is 10.0 Å². The minimum atomic E-state index is -4.12. The van der Waals surface area contributed by atoms with Crippen LogP contribution >= 0.6 is 11.6 Å². The molecule has 2 amide bonds. The van der Waals surface area contributed by atoms with E-state index in [1.54, 1.807) is 42.5 Å². The van der Waals surface area contributed by atoms with Crippen molar-refractivity contribution in [3.63, 3.8) is 0 Å². The molecule has 4 rings (SSSR count). The molecule has 10 heteroatoms. The van der Waals surface area contributed by atoms with E-state index in [0.29, 0.717) is 21.5 Å². The number of carbonyl (C=O) groups excluding carboxylic acids is 1. The van der Waals surface area contributed by atoms with Gasteiger partial charge in [0.05, 0.1) is 27.0 Å². The van der Waals surface area contributed by atoms with Crippen LogP contribution < -0.4 is 15.7 Å². The highest BCUT2D eigenvalue weighted by molar-refractivity contribution is 7.90. The summed E-state index contributed by atoms with van der Waals surface area (Å²) in [6.07, 6.45) is 0. The molecule has 1 aromatic heterocycles. The summed E-state index contributed by atoms with van der Waals surface area (Å²) in [5.74, 6) is -0.0137. The zero-order chi connectivity index (χ0) is 22.0. The Morgan fingerprint density at radius 2 is 1.61 bits per heavy atom. The number of anilines is 1. The van der Waals surface area contributed by atoms with E-state index in [1.165, 1.54) is 30.3 Å². The quantitative estimate of drug-likeness (QED) is 0.479. The molecule has 0 aliphatic rings. The number of benzene rings is 3. The second kappa shape index (κ2) is 8.21. The van der Waals surface area contributed by atoms with Crippen molar-refractivity contribution in [1.82, 2.24) is 9.71 Å². The maximum Gasteiger partial charge on any atom is 0.347 e. The van der Waals surface area contributed by atoms with Gasteiger partial charge in [-0.2, -0.15) is 0 Å². The van der Waals surface area contributed by atoms with Gasteiger partial charge in [-0.05, 0) is 48.5 Å². The molecule has 0 aliphatic heterocycles. The highest BCUT2D eigenvalue weighted by Gasteiger charge is 2.19. The first-order valence-electron chi connectivity index (χ1n) is 8.92. The molecule has 2 N–H and O–H groups in total. The smallest absolute Gasteiger partial charge is 0.347 e. The summed E-state index contributed by atoms with van der Waals surface area (Å²) in [5, 5.41) is 3.14. The Labute approximate surface area is 181 Å². The average molecular weight is 456 g/mol. The monoisotopic (exact) mass is 455 g/mol. The molecule has 31 heavy (non-hydrogen) atoms. The summed E-state index contributed by atoms with van der Waals surface area (Å²) < 4.78 is 32.0. The number of para-hydroxylation sites is 2. The van der Waals surface area contributed by atoms with Gasteiger partial charge in [0, 0.05) is 5.02 Å². The van der Waals surface area contributed by atoms with Gasteiger partial charge in [-0.15, -0.1) is 0 Å². The Kier molecular flexibility index (Phi) is 5.45. The molecular formula is C21H14ClN3O5S. The van der Waals surface area contributed by atoms with Gasteiger partial charge in [-0.1, -0.05) is 35.9 Å². The number of halogens is 1. The van der Waals surface area contributed by atoms with Crippen LogP contribution in [-0.2, 0) is 10.0 Å². The highest BCUT2D eigenvalue weighted by Crippen LogP contribution is 2.27. The lowest BCUT2D eigenvalue weighted by Gasteiger charge is -2.11. The van der Waals surface area contributed by atoms with Gasteiger partial charge in [0.1, 0.15) is 0 Å². The summed E-state index contributed by atoms with van der Waals surface area (Å²) in [4.78, 5) is 28.9. The number of hydrogen-bond donors (Lipinski definition) is 2. The predicted molar refractivity (Wildman–Crippen MR) is 117 cm³/mol. The number of sulfonamides is 1. The van der Waals surface area contributed by atoms with Gasteiger partial charge in [0.15, 0.2) is 0 Å². The largest absolute Gasteiger partial charge is 0.403 e. The third kappa shape index (κ3) is 4.42. The molecule has 0 aliphatic carbocycles. The van der Waals surface area contributed by atoms with Crippen molar-refractivity contribution in [3.8, 4) is 11.5 Å². The Hall–Kier alpha value is -3.69. The number of urea groups is 1. The minimum absolute atomic E-state index is 0.0137. The molecule has 0 fully saturated rings. The van der Waals surface area contributed by atoms with Gasteiger partial charge in [-0.25, -0.2) is 27.7 Å². The molecular weight excluding hydrogens is 442 g/mol. The van der Waals surface area contributed by atoms with E-state index < -0.39 is 21.7 Å². The molecule has 1 heterocycles. The maximum atomic E-state index is 12.4. The molecule has 0 radical (unpaired) electrons. The van der Waals surface area contributed by atoms with Crippen molar-refractivity contribution in [2.75, 3.05) is 5.32 Å². The van der Waals surface area contributed by atoms with Crippen LogP contribution in [0.15, 0.2) is 86.9 Å². The molecule has 0 unspecified atom stereocenters. The number of fused-ring (bicyclic) bond motifs is 1. The number of hydrogen-bond acceptors (Lipinski definition) is 6. The summed E-state index contributed by atoms with van der Waals surface area (Å²) in [5.41, 5.74) is 0.366. The number of carbonyl (C=O) groups is 1. The molecule has 0 spiro atoms. The third-order valence-electron chi connectivity index (χ3n) is 4.29. The number of rotatable bonds is 4. The SMILES string of the molecule is O=C(Nc1ccccc1-c1nc2ccccc2c(=O)o1)NS(=O)(=O)c1ccc(Cl)cc1. The molecule has 0 saturated carbocycles. The van der Waals surface area contributed by atoms with Crippen molar-refractivity contribution in [2.45, 2.75) is 4.90 Å². The Bertz CT molecular complexity index is 1450. The van der Waals surface area contributed by atoms with Crippen LogP contribution in [-0.4, -0.2) is 19.4 Å². The van der Waals surface area contributed by atoms with Crippen molar-refractivity contribution in [3.05, 3.63) is 88.2 Å². The van der Waals surface area contributed by atoms with Crippen molar-refractivity contribution < 1.29 is 17.6 Å².